The van der Waals surface area contributed by atoms with Crippen LogP contribution in [0.1, 0.15) is 18.5 Å². The van der Waals surface area contributed by atoms with E-state index in [9.17, 15) is 10.1 Å². The van der Waals surface area contributed by atoms with Gasteiger partial charge >= 0.3 is 0 Å². The molecule has 1 aromatic rings. The summed E-state index contributed by atoms with van der Waals surface area (Å²) in [5.41, 5.74) is 5.00. The number of anilines is 1. The molecule has 0 aromatic carbocycles. The maximum atomic E-state index is 10.9. The van der Waals surface area contributed by atoms with E-state index >= 15 is 0 Å². The van der Waals surface area contributed by atoms with Gasteiger partial charge in [-0.15, -0.1) is 0 Å². The Morgan fingerprint density at radius 3 is 3.05 bits per heavy atom. The first-order valence-corrected chi connectivity index (χ1v) is 6.49. The van der Waals surface area contributed by atoms with Gasteiger partial charge in [-0.05, 0) is 18.9 Å². The molecule has 9 nitrogen and oxygen atoms in total. The van der Waals surface area contributed by atoms with Crippen molar-refractivity contribution in [1.29, 1.82) is 0 Å². The van der Waals surface area contributed by atoms with E-state index in [1.165, 1.54) is 12.1 Å². The number of nitrogens with two attached hydrogens (primary N) is 1. The molecule has 2 rings (SSSR count). The predicted molar refractivity (Wildman–Crippen MR) is 75.6 cm³/mol. The van der Waals surface area contributed by atoms with Crippen molar-refractivity contribution in [3.63, 3.8) is 0 Å². The third-order valence-electron chi connectivity index (χ3n) is 3.30. The maximum absolute atomic E-state index is 10.9. The lowest BCUT2D eigenvalue weighted by molar-refractivity contribution is -0.385. The van der Waals surface area contributed by atoms with Gasteiger partial charge in [-0.3, -0.25) is 10.1 Å². The Labute approximate surface area is 121 Å². The Morgan fingerprint density at radius 2 is 2.48 bits per heavy atom. The van der Waals surface area contributed by atoms with Crippen molar-refractivity contribution < 1.29 is 14.9 Å². The van der Waals surface area contributed by atoms with Crippen LogP contribution in [-0.4, -0.2) is 47.3 Å². The van der Waals surface area contributed by atoms with Crippen LogP contribution in [-0.2, 0) is 4.74 Å². The van der Waals surface area contributed by atoms with Gasteiger partial charge in [0.1, 0.15) is 5.82 Å². The monoisotopic (exact) mass is 295 g/mol. The molecule has 2 heterocycles. The molecule has 1 fully saturated rings. The number of oxime groups is 1. The summed E-state index contributed by atoms with van der Waals surface area (Å²) in [4.78, 5) is 16.3. The molecule has 1 saturated heterocycles. The molecule has 0 bridgehead atoms. The van der Waals surface area contributed by atoms with Gasteiger partial charge in [0.15, 0.2) is 11.5 Å². The highest BCUT2D eigenvalue weighted by molar-refractivity contribution is 5.99. The van der Waals surface area contributed by atoms with E-state index in [1.54, 1.807) is 0 Å². The molecule has 1 aromatic heterocycles. The second-order valence-corrected chi connectivity index (χ2v) is 4.80. The molecule has 1 atom stereocenters. The van der Waals surface area contributed by atoms with Gasteiger partial charge in [-0.1, -0.05) is 5.16 Å². The highest BCUT2D eigenvalue weighted by Crippen LogP contribution is 2.22. The Bertz CT molecular complexity index is 557. The second-order valence-electron chi connectivity index (χ2n) is 4.80. The summed E-state index contributed by atoms with van der Waals surface area (Å²) in [5, 5.41) is 22.5. The molecule has 0 aliphatic carbocycles. The summed E-state index contributed by atoms with van der Waals surface area (Å²) in [6, 6.07) is 2.82. The van der Waals surface area contributed by atoms with Gasteiger partial charge in [0.2, 0.25) is 0 Å². The van der Waals surface area contributed by atoms with Gasteiger partial charge in [-0.2, -0.15) is 0 Å². The standard InChI is InChI=1S/C12H17N5O4/c1-16(7-8-3-2-6-21-8)10-5-4-9(17(19)20)11(14-10)12(13)15-18/h4-5,8,18H,2-3,6-7H2,1H3,(H2,13,15). The van der Waals surface area contributed by atoms with E-state index in [4.69, 9.17) is 15.7 Å². The average molecular weight is 295 g/mol. The molecular weight excluding hydrogens is 278 g/mol. The third kappa shape index (κ3) is 3.37. The minimum Gasteiger partial charge on any atom is -0.409 e. The zero-order chi connectivity index (χ0) is 15.4. The number of likely N-dealkylation sites (N-methyl/N-ethyl adjacent to an activating group) is 1. The van der Waals surface area contributed by atoms with E-state index < -0.39 is 10.8 Å². The summed E-state index contributed by atoms with van der Waals surface area (Å²) < 4.78 is 5.54. The van der Waals surface area contributed by atoms with Crippen molar-refractivity contribution in [2.75, 3.05) is 25.1 Å². The second kappa shape index (κ2) is 6.35. The highest BCUT2D eigenvalue weighted by atomic mass is 16.6. The predicted octanol–water partition coefficient (Wildman–Crippen LogP) is 0.699. The van der Waals surface area contributed by atoms with E-state index in [-0.39, 0.29) is 17.5 Å². The van der Waals surface area contributed by atoms with Crippen LogP contribution < -0.4 is 10.6 Å². The zero-order valence-corrected chi connectivity index (χ0v) is 11.6. The maximum Gasteiger partial charge on any atom is 0.298 e. The van der Waals surface area contributed by atoms with Crippen molar-refractivity contribution in [2.24, 2.45) is 10.9 Å². The van der Waals surface area contributed by atoms with Gasteiger partial charge in [0.05, 0.1) is 11.0 Å². The topological polar surface area (TPSA) is 127 Å². The van der Waals surface area contributed by atoms with Crippen LogP contribution in [0.2, 0.25) is 0 Å². The van der Waals surface area contributed by atoms with E-state index in [0.717, 1.165) is 19.4 Å². The molecular formula is C12H17N5O4. The Morgan fingerprint density at radius 1 is 1.71 bits per heavy atom. The summed E-state index contributed by atoms with van der Waals surface area (Å²) in [6.07, 6.45) is 2.13. The Hall–Kier alpha value is -2.42. The van der Waals surface area contributed by atoms with Crippen molar-refractivity contribution in [3.05, 3.63) is 27.9 Å². The van der Waals surface area contributed by atoms with Gasteiger partial charge < -0.3 is 20.6 Å². The van der Waals surface area contributed by atoms with E-state index in [0.29, 0.717) is 12.4 Å². The summed E-state index contributed by atoms with van der Waals surface area (Å²) in [7, 11) is 1.81. The van der Waals surface area contributed by atoms with Gasteiger partial charge in [-0.25, -0.2) is 4.98 Å². The number of aromatic nitrogens is 1. The van der Waals surface area contributed by atoms with Crippen LogP contribution >= 0.6 is 0 Å². The minimum atomic E-state index is -0.621. The number of amidine groups is 1. The first-order chi connectivity index (χ1) is 10.0. The molecule has 0 saturated carbocycles. The lowest BCUT2D eigenvalue weighted by Crippen LogP contribution is -2.30. The van der Waals surface area contributed by atoms with Crippen LogP contribution in [0.15, 0.2) is 17.3 Å². The van der Waals surface area contributed by atoms with Crippen LogP contribution in [0.5, 0.6) is 0 Å². The SMILES string of the molecule is CN(CC1CCCO1)c1ccc([N+](=O)[O-])c(/C(N)=N/O)n1. The number of pyridine rings is 1. The van der Waals surface area contributed by atoms with Gasteiger partial charge in [0, 0.05) is 26.3 Å². The van der Waals surface area contributed by atoms with E-state index in [2.05, 4.69) is 10.1 Å². The van der Waals surface area contributed by atoms with Crippen molar-refractivity contribution in [3.8, 4) is 0 Å². The molecule has 21 heavy (non-hydrogen) atoms. The number of ether oxygens (including phenoxy) is 1. The molecule has 1 aliphatic heterocycles. The number of hydrogen-bond donors (Lipinski definition) is 2. The number of rotatable bonds is 5. The fourth-order valence-electron chi connectivity index (χ4n) is 2.22. The lowest BCUT2D eigenvalue weighted by Gasteiger charge is -2.22. The first kappa shape index (κ1) is 15.0. The summed E-state index contributed by atoms with van der Waals surface area (Å²) in [6.45, 7) is 1.38. The smallest absolute Gasteiger partial charge is 0.298 e. The Kier molecular flexibility index (Phi) is 4.53. The number of hydrogen-bond acceptors (Lipinski definition) is 7. The van der Waals surface area contributed by atoms with Gasteiger partial charge in [0.25, 0.3) is 5.69 Å². The van der Waals surface area contributed by atoms with Crippen molar-refractivity contribution in [1.82, 2.24) is 4.98 Å². The summed E-state index contributed by atoms with van der Waals surface area (Å²) >= 11 is 0. The van der Waals surface area contributed by atoms with Crippen LogP contribution in [0.3, 0.4) is 0 Å². The van der Waals surface area contributed by atoms with E-state index in [1.807, 2.05) is 11.9 Å². The molecule has 1 unspecified atom stereocenters. The molecule has 9 heteroatoms. The molecule has 0 amide bonds. The molecule has 114 valence electrons. The van der Waals surface area contributed by atoms with Crippen LogP contribution in [0.25, 0.3) is 0 Å². The zero-order valence-electron chi connectivity index (χ0n) is 11.6. The Balaban J connectivity index is 2.25. The quantitative estimate of drug-likeness (QED) is 0.269. The fourth-order valence-corrected chi connectivity index (χ4v) is 2.22. The largest absolute Gasteiger partial charge is 0.409 e. The normalized spacial score (nSPS) is 18.7. The number of nitrogens with zero attached hydrogens (tertiary/aromatic N) is 4. The lowest BCUT2D eigenvalue weighted by atomic mass is 10.2. The van der Waals surface area contributed by atoms with Crippen molar-refractivity contribution >= 4 is 17.3 Å². The first-order valence-electron chi connectivity index (χ1n) is 6.49. The average Bonchev–Trinajstić information content (AvgIpc) is 2.98. The third-order valence-corrected chi connectivity index (χ3v) is 3.30. The highest BCUT2D eigenvalue weighted by Gasteiger charge is 2.22. The minimum absolute atomic E-state index is 0.124. The fraction of sp³-hybridized carbons (Fsp3) is 0.500. The van der Waals surface area contributed by atoms with Crippen LogP contribution in [0, 0.1) is 10.1 Å². The van der Waals surface area contributed by atoms with Crippen molar-refractivity contribution in [2.45, 2.75) is 18.9 Å². The molecule has 3 N–H and O–H groups in total. The summed E-state index contributed by atoms with van der Waals surface area (Å²) in [5.74, 6) is 0.103. The molecule has 0 radical (unpaired) electrons. The van der Waals surface area contributed by atoms with Crippen LogP contribution in [0.4, 0.5) is 11.5 Å². The molecule has 0 spiro atoms. The number of nitro groups is 1. The molecule has 1 aliphatic rings.